The van der Waals surface area contributed by atoms with Gasteiger partial charge in [-0.05, 0) is 26.4 Å². The highest BCUT2D eigenvalue weighted by molar-refractivity contribution is 7.91. The van der Waals surface area contributed by atoms with Gasteiger partial charge in [-0.1, -0.05) is 6.92 Å². The molecular formula is C10H22N2O2S. The molecule has 0 aliphatic carbocycles. The van der Waals surface area contributed by atoms with Gasteiger partial charge in [0.1, 0.15) is 0 Å². The molecule has 0 bridgehead atoms. The largest absolute Gasteiger partial charge is 0.312 e. The van der Waals surface area contributed by atoms with Crippen molar-refractivity contribution in [3.05, 3.63) is 0 Å². The maximum atomic E-state index is 11.3. The van der Waals surface area contributed by atoms with Gasteiger partial charge in [-0.15, -0.1) is 0 Å². The summed E-state index contributed by atoms with van der Waals surface area (Å²) in [6.07, 6.45) is 2.37. The fourth-order valence-corrected chi connectivity index (χ4v) is 2.61. The third kappa shape index (κ3) is 4.95. The molecule has 1 rings (SSSR count). The average molecular weight is 234 g/mol. The second-order valence-corrected chi connectivity index (χ2v) is 6.76. The lowest BCUT2D eigenvalue weighted by Crippen LogP contribution is -2.45. The van der Waals surface area contributed by atoms with Crippen molar-refractivity contribution < 1.29 is 8.42 Å². The fraction of sp³-hybridized carbons (Fsp3) is 1.00. The van der Waals surface area contributed by atoms with Crippen molar-refractivity contribution in [2.24, 2.45) is 0 Å². The molecule has 1 heterocycles. The summed E-state index contributed by atoms with van der Waals surface area (Å²) >= 11 is 0. The zero-order valence-corrected chi connectivity index (χ0v) is 10.5. The van der Waals surface area contributed by atoms with Crippen LogP contribution in [-0.2, 0) is 9.84 Å². The number of likely N-dealkylation sites (tertiary alicyclic amines) is 1. The van der Waals surface area contributed by atoms with E-state index in [1.54, 1.807) is 6.92 Å². The monoisotopic (exact) mass is 234 g/mol. The van der Waals surface area contributed by atoms with E-state index in [2.05, 4.69) is 17.3 Å². The van der Waals surface area contributed by atoms with Gasteiger partial charge in [-0.3, -0.25) is 0 Å². The summed E-state index contributed by atoms with van der Waals surface area (Å²) in [6, 6.07) is 0.468. The zero-order chi connectivity index (χ0) is 11.3. The van der Waals surface area contributed by atoms with Crippen molar-refractivity contribution in [3.8, 4) is 0 Å². The van der Waals surface area contributed by atoms with Gasteiger partial charge < -0.3 is 10.2 Å². The highest BCUT2D eigenvalue weighted by Crippen LogP contribution is 2.07. The Morgan fingerprint density at radius 2 is 2.20 bits per heavy atom. The first kappa shape index (κ1) is 12.9. The first-order valence-electron chi connectivity index (χ1n) is 5.66. The van der Waals surface area contributed by atoms with Gasteiger partial charge in [-0.2, -0.15) is 0 Å². The second kappa shape index (κ2) is 5.82. The van der Waals surface area contributed by atoms with Gasteiger partial charge in [0.2, 0.25) is 0 Å². The number of likely N-dealkylation sites (N-methyl/N-ethyl adjacent to an activating group) is 1. The van der Waals surface area contributed by atoms with Crippen LogP contribution in [0.3, 0.4) is 0 Å². The maximum absolute atomic E-state index is 11.3. The summed E-state index contributed by atoms with van der Waals surface area (Å²) in [4.78, 5) is 2.29. The Labute approximate surface area is 93.0 Å². The highest BCUT2D eigenvalue weighted by atomic mass is 32.2. The van der Waals surface area contributed by atoms with Crippen molar-refractivity contribution >= 4 is 9.84 Å². The van der Waals surface area contributed by atoms with Crippen molar-refractivity contribution in [1.29, 1.82) is 0 Å². The molecule has 0 aromatic carbocycles. The Bertz CT molecular complexity index is 277. The predicted octanol–water partition coefficient (Wildman–Crippen LogP) is 0.105. The molecule has 0 amide bonds. The summed E-state index contributed by atoms with van der Waals surface area (Å²) in [5.74, 6) is 0.517. The molecule has 0 aromatic rings. The molecule has 1 aliphatic rings. The summed E-state index contributed by atoms with van der Waals surface area (Å²) in [6.45, 7) is 4.48. The van der Waals surface area contributed by atoms with Crippen LogP contribution in [-0.4, -0.2) is 57.5 Å². The normalized spacial score (nSPS) is 24.3. The first-order valence-corrected chi connectivity index (χ1v) is 7.48. The molecule has 4 nitrogen and oxygen atoms in total. The third-order valence-corrected chi connectivity index (χ3v) is 4.62. The van der Waals surface area contributed by atoms with E-state index in [1.165, 1.54) is 6.42 Å². The van der Waals surface area contributed by atoms with Crippen LogP contribution in [0, 0.1) is 0 Å². The van der Waals surface area contributed by atoms with E-state index in [9.17, 15) is 8.42 Å². The predicted molar refractivity (Wildman–Crippen MR) is 62.8 cm³/mol. The molecule has 0 saturated carbocycles. The minimum atomic E-state index is -2.81. The van der Waals surface area contributed by atoms with E-state index in [1.807, 2.05) is 0 Å². The second-order valence-electron chi connectivity index (χ2n) is 4.29. The van der Waals surface area contributed by atoms with Crippen LogP contribution < -0.4 is 5.32 Å². The molecule has 5 heteroatoms. The van der Waals surface area contributed by atoms with Crippen LogP contribution in [0.2, 0.25) is 0 Å². The lowest BCUT2D eigenvalue weighted by molar-refractivity contribution is 0.229. The number of piperidine rings is 1. The molecule has 1 atom stereocenters. The number of nitrogens with one attached hydrogen (secondary N) is 1. The van der Waals surface area contributed by atoms with Crippen molar-refractivity contribution in [2.75, 3.05) is 38.2 Å². The molecule has 1 saturated heterocycles. The first-order chi connectivity index (χ1) is 7.03. The molecule has 1 N–H and O–H groups in total. The van der Waals surface area contributed by atoms with Gasteiger partial charge in [-0.25, -0.2) is 8.42 Å². The van der Waals surface area contributed by atoms with Gasteiger partial charge in [0.05, 0.1) is 5.75 Å². The molecule has 0 radical (unpaired) electrons. The number of hydrogen-bond donors (Lipinski definition) is 1. The minimum absolute atomic E-state index is 0.249. The summed E-state index contributed by atoms with van der Waals surface area (Å²) in [7, 11) is -0.702. The Hall–Kier alpha value is -0.130. The van der Waals surface area contributed by atoms with E-state index < -0.39 is 9.84 Å². The molecule has 15 heavy (non-hydrogen) atoms. The molecule has 90 valence electrons. The standard InChI is InChI=1S/C10H22N2O2S/c1-3-15(13,14)8-6-11-10-5-4-7-12(2)9-10/h10-11H,3-9H2,1-2H3. The van der Waals surface area contributed by atoms with Crippen LogP contribution in [0.15, 0.2) is 0 Å². The van der Waals surface area contributed by atoms with Crippen LogP contribution in [0.1, 0.15) is 19.8 Å². The van der Waals surface area contributed by atoms with Crippen LogP contribution in [0.5, 0.6) is 0 Å². The van der Waals surface area contributed by atoms with Crippen molar-refractivity contribution in [3.63, 3.8) is 0 Å². The maximum Gasteiger partial charge on any atom is 0.151 e. The van der Waals surface area contributed by atoms with Crippen molar-refractivity contribution in [1.82, 2.24) is 10.2 Å². The Morgan fingerprint density at radius 3 is 2.80 bits per heavy atom. The number of hydrogen-bond acceptors (Lipinski definition) is 4. The van der Waals surface area contributed by atoms with E-state index in [0.29, 0.717) is 12.6 Å². The summed E-state index contributed by atoms with van der Waals surface area (Å²) < 4.78 is 22.5. The third-order valence-electron chi connectivity index (χ3n) is 2.91. The Morgan fingerprint density at radius 1 is 1.47 bits per heavy atom. The SMILES string of the molecule is CCS(=O)(=O)CCNC1CCCN(C)C1. The molecule has 0 spiro atoms. The average Bonchev–Trinajstić information content (AvgIpc) is 2.18. The minimum Gasteiger partial charge on any atom is -0.312 e. The number of sulfone groups is 1. The lowest BCUT2D eigenvalue weighted by atomic mass is 10.1. The van der Waals surface area contributed by atoms with E-state index >= 15 is 0 Å². The molecule has 0 aromatic heterocycles. The number of nitrogens with zero attached hydrogens (tertiary/aromatic N) is 1. The number of rotatable bonds is 5. The topological polar surface area (TPSA) is 49.4 Å². The van der Waals surface area contributed by atoms with Crippen LogP contribution in [0.25, 0.3) is 0 Å². The molecular weight excluding hydrogens is 212 g/mol. The highest BCUT2D eigenvalue weighted by Gasteiger charge is 2.17. The quantitative estimate of drug-likeness (QED) is 0.733. The molecule has 1 fully saturated rings. The Balaban J connectivity index is 2.20. The van der Waals surface area contributed by atoms with Gasteiger partial charge in [0.25, 0.3) is 0 Å². The summed E-state index contributed by atoms with van der Waals surface area (Å²) in [5.41, 5.74) is 0. The fourth-order valence-electron chi connectivity index (χ4n) is 1.90. The van der Waals surface area contributed by atoms with Crippen LogP contribution in [0.4, 0.5) is 0 Å². The van der Waals surface area contributed by atoms with E-state index in [4.69, 9.17) is 0 Å². The van der Waals surface area contributed by atoms with Crippen LogP contribution >= 0.6 is 0 Å². The van der Waals surface area contributed by atoms with Gasteiger partial charge in [0, 0.05) is 24.9 Å². The summed E-state index contributed by atoms with van der Waals surface area (Å²) in [5, 5.41) is 3.32. The van der Waals surface area contributed by atoms with Gasteiger partial charge >= 0.3 is 0 Å². The molecule has 1 aliphatic heterocycles. The smallest absolute Gasteiger partial charge is 0.151 e. The van der Waals surface area contributed by atoms with E-state index in [-0.39, 0.29) is 11.5 Å². The van der Waals surface area contributed by atoms with E-state index in [0.717, 1.165) is 19.5 Å². The zero-order valence-electron chi connectivity index (χ0n) is 9.70. The Kier molecular flexibility index (Phi) is 5.02. The lowest BCUT2D eigenvalue weighted by Gasteiger charge is -2.30. The molecule has 1 unspecified atom stereocenters. The van der Waals surface area contributed by atoms with Crippen molar-refractivity contribution in [2.45, 2.75) is 25.8 Å². The van der Waals surface area contributed by atoms with Gasteiger partial charge in [0.15, 0.2) is 9.84 Å².